The first-order valence-corrected chi connectivity index (χ1v) is 50.1. The Kier molecular flexibility index (Phi) is 58.1. The zero-order valence-electron chi connectivity index (χ0n) is 88.9. The molecule has 0 saturated carbocycles. The molecule has 27 heteroatoms. The molecule has 0 aliphatic rings. The van der Waals surface area contributed by atoms with Crippen LogP contribution in [0.3, 0.4) is 0 Å². The molecule has 12 aromatic carbocycles. The van der Waals surface area contributed by atoms with Gasteiger partial charge in [-0.1, -0.05) is 182 Å². The van der Waals surface area contributed by atoms with E-state index in [0.29, 0.717) is 48.0 Å². The van der Waals surface area contributed by atoms with Gasteiger partial charge in [0.15, 0.2) is 44.0 Å². The number of hydrogen-bond acceptors (Lipinski definition) is 24. The second-order valence-corrected chi connectivity index (χ2v) is 33.7. The van der Waals surface area contributed by atoms with Gasteiger partial charge in [0, 0.05) is 6.61 Å². The van der Waals surface area contributed by atoms with E-state index in [0.717, 1.165) is 96.5 Å². The van der Waals surface area contributed by atoms with Gasteiger partial charge in [-0.05, 0) is 329 Å². The molecule has 0 bridgehead atoms. The lowest BCUT2D eigenvalue weighted by Gasteiger charge is -2.25. The quantitative estimate of drug-likeness (QED) is 0.0149. The summed E-state index contributed by atoms with van der Waals surface area (Å²) in [4.78, 5) is 35.4. The number of ether oxygens (including phenoxy) is 21. The van der Waals surface area contributed by atoms with Gasteiger partial charge in [-0.25, -0.2) is 14.4 Å². The Balaban J connectivity index is 0.000000263. The standard InChI is InChI=1S/C20H24O5.C19H24O4.2C19H22O4.C18H24O2.C13H17F3O3.C12H18O2/c1-4-16-5-9-19(10-6-16)25-15(2)23-13-14-24-20(21)17-7-11-18(22-3)12-8-17;1-4-16-6-5-7-19(14-16)23-15(2)21-12-13-22-18-10-8-17(20-3)9-11-18;1-3-16-8-7-11-18(14-16)23-15(2)21-12-13-22-19(20)17-9-5-4-6-10-17;1-3-16-9-11-18(12-10-16)23-15(2)21-13-14-22-19(20)17-7-5-4-6-8-17;1-6-14-7-8-16-12-17(10-9-15(16)11-14)19-13(2)20-18(3,4)5;1-3-11-5-4-6-12(9-11)19-10(2)17-7-8-18-13(14,15)16;1-4-11-7-6-8-12(9-11)14-10(3)13-5-2/h5-12,15H,4,13-14H2,1-3H3;5-11,14-15H,4,12-13H2,1-3H3;4-11,14-15H,3,12-13H2,1-2H3;4-12,15H,3,13-14H2,1-2H3;7-13H,6H2,1-5H3;4-6,9-10H,3,7-8H2,1-2H3;6-10H,4-5H2,1-3H3. The zero-order chi connectivity index (χ0) is 107. The third-order valence-electron chi connectivity index (χ3n) is 21.0. The average Bonchev–Trinajstić information content (AvgIpc) is 0.822. The molecule has 0 aliphatic carbocycles. The Morgan fingerprint density at radius 2 is 0.524 bits per heavy atom. The van der Waals surface area contributed by atoms with Crippen molar-refractivity contribution in [3.05, 3.63) is 347 Å². The van der Waals surface area contributed by atoms with Crippen molar-refractivity contribution in [2.45, 2.75) is 226 Å². The van der Waals surface area contributed by atoms with Crippen molar-refractivity contribution < 1.29 is 127 Å². The molecule has 147 heavy (non-hydrogen) atoms. The highest BCUT2D eigenvalue weighted by Gasteiger charge is 2.29. The fourth-order valence-electron chi connectivity index (χ4n) is 13.4. The summed E-state index contributed by atoms with van der Waals surface area (Å²) in [7, 11) is 3.22. The highest BCUT2D eigenvalue weighted by Crippen LogP contribution is 2.28. The monoisotopic (exact) mass is 2030 g/mol. The number of benzene rings is 12. The van der Waals surface area contributed by atoms with Crippen LogP contribution in [0.5, 0.6) is 57.5 Å². The molecule has 0 radical (unpaired) electrons. The number of hydrogen-bond donors (Lipinski definition) is 0. The minimum absolute atomic E-state index is 0.160. The second-order valence-electron chi connectivity index (χ2n) is 33.7. The first-order valence-electron chi connectivity index (χ1n) is 50.1. The summed E-state index contributed by atoms with van der Waals surface area (Å²) in [5.41, 5.74) is 10.1. The molecule has 12 aromatic rings. The van der Waals surface area contributed by atoms with Gasteiger partial charge >= 0.3 is 24.3 Å². The summed E-state index contributed by atoms with van der Waals surface area (Å²) in [5.74, 6) is 6.67. The van der Waals surface area contributed by atoms with Gasteiger partial charge in [0.2, 0.25) is 0 Å². The van der Waals surface area contributed by atoms with Gasteiger partial charge in [0.05, 0.1) is 76.2 Å². The predicted molar refractivity (Wildman–Crippen MR) is 568 cm³/mol. The number of methoxy groups -OCH3 is 2. The van der Waals surface area contributed by atoms with Crippen molar-refractivity contribution in [2.24, 2.45) is 0 Å². The number of rotatable bonds is 50. The summed E-state index contributed by atoms with van der Waals surface area (Å²) >= 11 is 0. The number of fused-ring (bicyclic) bond motifs is 1. The van der Waals surface area contributed by atoms with Crippen LogP contribution in [0.4, 0.5) is 13.2 Å². The molecule has 12 rings (SSSR count). The number of esters is 3. The third-order valence-corrected chi connectivity index (χ3v) is 21.0. The van der Waals surface area contributed by atoms with E-state index in [1.54, 1.807) is 107 Å². The number of halogens is 3. The molecule has 0 saturated heterocycles. The van der Waals surface area contributed by atoms with Crippen LogP contribution < -0.4 is 47.4 Å². The summed E-state index contributed by atoms with van der Waals surface area (Å²) in [6.07, 6.45) is -0.336. The van der Waals surface area contributed by atoms with Gasteiger partial charge in [-0.3, -0.25) is 4.74 Å². The van der Waals surface area contributed by atoms with Crippen LogP contribution in [0.25, 0.3) is 10.8 Å². The van der Waals surface area contributed by atoms with Crippen LogP contribution in [0.15, 0.2) is 291 Å². The molecule has 24 nitrogen and oxygen atoms in total. The van der Waals surface area contributed by atoms with Crippen LogP contribution in [0.2, 0.25) is 0 Å². The smallest absolute Gasteiger partial charge is 0.497 e. The molecule has 0 aromatic heterocycles. The Morgan fingerprint density at radius 1 is 0.252 bits per heavy atom. The molecule has 0 aliphatic heterocycles. The van der Waals surface area contributed by atoms with Crippen molar-refractivity contribution in [1.29, 1.82) is 0 Å². The molecule has 0 heterocycles. The van der Waals surface area contributed by atoms with E-state index in [9.17, 15) is 27.6 Å². The van der Waals surface area contributed by atoms with Crippen LogP contribution >= 0.6 is 0 Å². The van der Waals surface area contributed by atoms with Crippen molar-refractivity contribution in [2.75, 3.05) is 86.9 Å². The van der Waals surface area contributed by atoms with Crippen LogP contribution in [0.1, 0.15) is 195 Å². The van der Waals surface area contributed by atoms with Gasteiger partial charge < -0.3 is 94.7 Å². The largest absolute Gasteiger partial charge is 0.522 e. The minimum atomic E-state index is -4.62. The van der Waals surface area contributed by atoms with Gasteiger partial charge in [0.25, 0.3) is 0 Å². The molecule has 7 atom stereocenters. The van der Waals surface area contributed by atoms with E-state index >= 15 is 0 Å². The second kappa shape index (κ2) is 69.8. The van der Waals surface area contributed by atoms with Crippen molar-refractivity contribution in [3.8, 4) is 57.5 Å². The number of carbonyl (C=O) groups is 3. The van der Waals surface area contributed by atoms with Gasteiger partial charge in [0.1, 0.15) is 83.9 Å². The molecule has 796 valence electrons. The molecule has 7 unspecified atom stereocenters. The Bertz CT molecular complexity index is 5570. The summed E-state index contributed by atoms with van der Waals surface area (Å²) < 4.78 is 148. The predicted octanol–water partition coefficient (Wildman–Crippen LogP) is 27.1. The van der Waals surface area contributed by atoms with Gasteiger partial charge in [-0.15, -0.1) is 13.2 Å². The van der Waals surface area contributed by atoms with E-state index in [4.69, 9.17) is 94.7 Å². The molecule has 0 amide bonds. The highest BCUT2D eigenvalue weighted by atomic mass is 19.4. The fraction of sp³-hybridized carbons (Fsp3) is 0.392. The van der Waals surface area contributed by atoms with Crippen LogP contribution in [-0.2, 0) is 97.1 Å². The van der Waals surface area contributed by atoms with Crippen molar-refractivity contribution in [3.63, 3.8) is 0 Å². The van der Waals surface area contributed by atoms with Crippen LogP contribution in [-0.4, -0.2) is 161 Å². The molecular weight excluding hydrogens is 1880 g/mol. The van der Waals surface area contributed by atoms with E-state index in [2.05, 4.69) is 101 Å². The lowest BCUT2D eigenvalue weighted by atomic mass is 10.1. The average molecular weight is 2030 g/mol. The van der Waals surface area contributed by atoms with E-state index in [1.807, 2.05) is 227 Å². The SMILES string of the molecule is CCOC(C)Oc1cccc(CC)c1.CCc1ccc(OC(C)OCCOC(=O)c2ccc(OC)cc2)cc1.CCc1ccc(OC(C)OCCOC(=O)c2ccccc2)cc1.CCc1ccc2cc(OC(C)OC(C)(C)C)ccc2c1.CCc1cccc(OC(C)OCCOC(=O)c2ccccc2)c1.CCc1cccc(OC(C)OCCOC(F)(F)F)c1.CCc1cccc(OC(C)OCCOc2ccc(OC)cc2)c1. The zero-order valence-corrected chi connectivity index (χ0v) is 88.9. The van der Waals surface area contributed by atoms with Crippen molar-refractivity contribution in [1.82, 2.24) is 0 Å². The minimum Gasteiger partial charge on any atom is -0.497 e. The maximum atomic E-state index is 11.9. The molecule has 0 spiro atoms. The Hall–Kier alpha value is -13.2. The third kappa shape index (κ3) is 53.1. The maximum Gasteiger partial charge on any atom is 0.522 e. The normalized spacial score (nSPS) is 12.2. The number of carbonyl (C=O) groups excluding carboxylic acids is 3. The lowest BCUT2D eigenvalue weighted by molar-refractivity contribution is -0.328. The maximum absolute atomic E-state index is 11.9. The van der Waals surface area contributed by atoms with E-state index < -0.39 is 44.1 Å². The van der Waals surface area contributed by atoms with E-state index in [-0.39, 0.29) is 82.7 Å². The first kappa shape index (κ1) is 122. The molecular formula is C120H151F3O24. The lowest BCUT2D eigenvalue weighted by Crippen LogP contribution is -2.29. The first-order chi connectivity index (χ1) is 70.7. The Labute approximate surface area is 867 Å². The molecule has 0 fully saturated rings. The highest BCUT2D eigenvalue weighted by molar-refractivity contribution is 5.90. The fourth-order valence-corrected chi connectivity index (χ4v) is 13.4. The van der Waals surface area contributed by atoms with Crippen LogP contribution in [0, 0.1) is 0 Å². The topological polar surface area (TPSA) is 245 Å². The summed E-state index contributed by atoms with van der Waals surface area (Å²) in [6, 6.07) is 92.0. The molecule has 0 N–H and O–H groups in total. The van der Waals surface area contributed by atoms with Crippen molar-refractivity contribution >= 4 is 28.7 Å². The number of aryl methyl sites for hydroxylation is 7. The van der Waals surface area contributed by atoms with Gasteiger partial charge in [-0.2, -0.15) is 0 Å². The number of alkyl halides is 3. The Morgan fingerprint density at radius 3 is 0.864 bits per heavy atom. The summed E-state index contributed by atoms with van der Waals surface area (Å²) in [5, 5.41) is 2.45. The summed E-state index contributed by atoms with van der Waals surface area (Å²) in [6.45, 7) is 37.8. The van der Waals surface area contributed by atoms with E-state index in [1.165, 1.54) is 44.2 Å².